The predicted molar refractivity (Wildman–Crippen MR) is 120 cm³/mol. The van der Waals surface area contributed by atoms with Gasteiger partial charge in [-0.05, 0) is 94.1 Å². The molecule has 0 aliphatic rings. The summed E-state index contributed by atoms with van der Waals surface area (Å²) in [6.07, 6.45) is 5.30. The lowest BCUT2D eigenvalue weighted by molar-refractivity contribution is 1.51. The first kappa shape index (κ1) is 20.0. The number of benzene rings is 1. The summed E-state index contributed by atoms with van der Waals surface area (Å²) in [6.45, 7) is 0. The smallest absolute Gasteiger partial charge is 0.114 e. The van der Waals surface area contributed by atoms with E-state index < -0.39 is 0 Å². The van der Waals surface area contributed by atoms with Gasteiger partial charge in [-0.15, -0.1) is 11.3 Å². The highest BCUT2D eigenvalue weighted by Crippen LogP contribution is 2.45. The zero-order chi connectivity index (χ0) is 17.9. The lowest BCUT2D eigenvalue weighted by Gasteiger charge is -2.09. The van der Waals surface area contributed by atoms with Crippen molar-refractivity contribution in [1.82, 2.24) is 0 Å². The summed E-state index contributed by atoms with van der Waals surface area (Å²) >= 11 is 20.8. The molecule has 0 saturated heterocycles. The molecule has 0 bridgehead atoms. The normalized spacial score (nSPS) is 11.7. The molecule has 122 valence electrons. The maximum absolute atomic E-state index is 8.92. The van der Waals surface area contributed by atoms with Gasteiger partial charge >= 0.3 is 0 Å². The number of nitrogens with zero attached hydrogens (tertiary/aromatic N) is 1. The molecule has 0 unspecified atom stereocenters. The van der Waals surface area contributed by atoms with E-state index in [4.69, 9.17) is 23.2 Å². The van der Waals surface area contributed by atoms with E-state index in [2.05, 4.69) is 69.8 Å². The van der Waals surface area contributed by atoms with Crippen molar-refractivity contribution in [3.63, 3.8) is 0 Å². The van der Waals surface area contributed by atoms with E-state index in [9.17, 15) is 0 Å². The Kier molecular flexibility index (Phi) is 7.40. The summed E-state index contributed by atoms with van der Waals surface area (Å²) in [4.78, 5) is 2.26. The number of hydrogen-bond donors (Lipinski definition) is 1. The fraction of sp³-hybridized carbons (Fsp3) is 0. The van der Waals surface area contributed by atoms with Crippen LogP contribution in [0.2, 0.25) is 0 Å². The minimum Gasteiger partial charge on any atom is -0.389 e. The maximum atomic E-state index is 8.92. The van der Waals surface area contributed by atoms with Gasteiger partial charge in [0.05, 0.1) is 5.57 Å². The minimum absolute atomic E-state index is 0.0980. The molecule has 0 radical (unpaired) electrons. The third-order valence-corrected chi connectivity index (χ3v) is 8.14. The van der Waals surface area contributed by atoms with Gasteiger partial charge < -0.3 is 5.73 Å². The molecular formula is C16H8Br4N2S2. The van der Waals surface area contributed by atoms with Crippen molar-refractivity contribution < 1.29 is 0 Å². The first-order valence-electron chi connectivity index (χ1n) is 6.36. The number of thiophene rings is 1. The van der Waals surface area contributed by atoms with Crippen LogP contribution in [0.4, 0.5) is 0 Å². The van der Waals surface area contributed by atoms with Crippen molar-refractivity contribution in [1.29, 1.82) is 5.26 Å². The van der Waals surface area contributed by atoms with E-state index in [1.807, 2.05) is 24.3 Å². The highest BCUT2D eigenvalue weighted by atomic mass is 79.9. The molecule has 8 heteroatoms. The van der Waals surface area contributed by atoms with Crippen LogP contribution < -0.4 is 5.73 Å². The molecule has 24 heavy (non-hydrogen) atoms. The highest BCUT2D eigenvalue weighted by molar-refractivity contribution is 9.14. The first-order chi connectivity index (χ1) is 11.3. The Hall–Kier alpha value is -0.300. The second-order valence-electron chi connectivity index (χ2n) is 4.46. The molecule has 0 aliphatic heterocycles. The largest absolute Gasteiger partial charge is 0.389 e. The Bertz CT molecular complexity index is 881. The van der Waals surface area contributed by atoms with Crippen LogP contribution in [0.25, 0.3) is 16.5 Å². The minimum atomic E-state index is 0.0980. The van der Waals surface area contributed by atoms with Crippen molar-refractivity contribution in [2.75, 3.05) is 0 Å². The summed E-state index contributed by atoms with van der Waals surface area (Å²) in [7, 11) is 0. The molecule has 2 N–H and O–H groups in total. The van der Waals surface area contributed by atoms with Crippen LogP contribution in [0, 0.1) is 11.3 Å². The molecule has 1 aromatic carbocycles. The SMILES string of the molecule is N#C/C(=C/C=C/c1ccc(-c2c(Br)c(Br)cc(Br)c2Br)s1)C(N)=S. The quantitative estimate of drug-likeness (QED) is 0.131. The summed E-state index contributed by atoms with van der Waals surface area (Å²) in [5.74, 6) is 0. The lowest BCUT2D eigenvalue weighted by atomic mass is 10.2. The van der Waals surface area contributed by atoms with Gasteiger partial charge in [0.15, 0.2) is 0 Å². The zero-order valence-electron chi connectivity index (χ0n) is 11.8. The van der Waals surface area contributed by atoms with Crippen molar-refractivity contribution in [3.05, 3.63) is 58.7 Å². The fourth-order valence-corrected chi connectivity index (χ4v) is 5.62. The van der Waals surface area contributed by atoms with Crippen LogP contribution >= 0.6 is 87.3 Å². The number of halogens is 4. The maximum Gasteiger partial charge on any atom is 0.114 e. The van der Waals surface area contributed by atoms with E-state index in [1.54, 1.807) is 23.5 Å². The Balaban J connectivity index is 2.37. The predicted octanol–water partition coefficient (Wildman–Crippen LogP) is 7.21. The summed E-state index contributed by atoms with van der Waals surface area (Å²) in [5, 5.41) is 8.92. The van der Waals surface area contributed by atoms with E-state index in [1.165, 1.54) is 0 Å². The molecule has 0 spiro atoms. The topological polar surface area (TPSA) is 49.8 Å². The lowest BCUT2D eigenvalue weighted by Crippen LogP contribution is -2.09. The van der Waals surface area contributed by atoms with Gasteiger partial charge in [-0.2, -0.15) is 5.26 Å². The number of allylic oxidation sites excluding steroid dienone is 2. The van der Waals surface area contributed by atoms with Gasteiger partial charge in [0.2, 0.25) is 0 Å². The fourth-order valence-electron chi connectivity index (χ4n) is 1.78. The number of thiocarbonyl (C=S) groups is 1. The molecule has 0 saturated carbocycles. The van der Waals surface area contributed by atoms with E-state index in [0.29, 0.717) is 5.57 Å². The summed E-state index contributed by atoms with van der Waals surface area (Å²) in [6, 6.07) is 8.02. The second kappa shape index (κ2) is 8.88. The molecule has 2 rings (SSSR count). The van der Waals surface area contributed by atoms with E-state index in [0.717, 1.165) is 33.2 Å². The number of rotatable bonds is 4. The number of nitriles is 1. The molecule has 0 fully saturated rings. The van der Waals surface area contributed by atoms with Crippen molar-refractivity contribution >= 4 is 98.3 Å². The van der Waals surface area contributed by atoms with Crippen molar-refractivity contribution in [2.24, 2.45) is 5.73 Å². The zero-order valence-corrected chi connectivity index (χ0v) is 19.8. The first-order valence-corrected chi connectivity index (χ1v) is 10.8. The molecule has 1 heterocycles. The Morgan fingerprint density at radius 2 is 1.79 bits per heavy atom. The van der Waals surface area contributed by atoms with Gasteiger partial charge in [-0.1, -0.05) is 18.3 Å². The van der Waals surface area contributed by atoms with Crippen LogP contribution in [0.15, 0.2) is 53.8 Å². The molecule has 2 nitrogen and oxygen atoms in total. The van der Waals surface area contributed by atoms with Crippen LogP contribution in [0.1, 0.15) is 4.88 Å². The average Bonchev–Trinajstić information content (AvgIpc) is 2.98. The Labute approximate surface area is 183 Å². The highest BCUT2D eigenvalue weighted by Gasteiger charge is 2.15. The Morgan fingerprint density at radius 3 is 2.33 bits per heavy atom. The molecule has 1 aromatic heterocycles. The van der Waals surface area contributed by atoms with Gasteiger partial charge in [-0.3, -0.25) is 0 Å². The van der Waals surface area contributed by atoms with Gasteiger partial charge in [0.25, 0.3) is 0 Å². The third-order valence-electron chi connectivity index (χ3n) is 2.89. The van der Waals surface area contributed by atoms with Gasteiger partial charge in [0.1, 0.15) is 11.1 Å². The van der Waals surface area contributed by atoms with Crippen LogP contribution in [-0.2, 0) is 0 Å². The van der Waals surface area contributed by atoms with Crippen molar-refractivity contribution in [3.8, 4) is 16.5 Å². The van der Waals surface area contributed by atoms with Crippen molar-refractivity contribution in [2.45, 2.75) is 0 Å². The van der Waals surface area contributed by atoms with Gasteiger partial charge in [0, 0.05) is 33.2 Å². The molecule has 0 amide bonds. The van der Waals surface area contributed by atoms with Crippen LogP contribution in [0.3, 0.4) is 0 Å². The Morgan fingerprint density at radius 1 is 1.17 bits per heavy atom. The molecule has 2 aromatic rings. The second-order valence-corrected chi connectivity index (χ2v) is 9.31. The summed E-state index contributed by atoms with van der Waals surface area (Å²) < 4.78 is 3.90. The van der Waals surface area contributed by atoms with Crippen LogP contribution in [-0.4, -0.2) is 4.99 Å². The standard InChI is InChI=1S/C16H8Br4N2S2/c17-10-6-11(18)15(20)13(14(10)19)12-5-4-9(24-12)3-1-2-8(7-21)16(22)23/h1-6H,(H2,22,23)/b3-1+,8-2-. The molecular weight excluding hydrogens is 604 g/mol. The monoisotopic (exact) mass is 608 g/mol. The average molecular weight is 612 g/mol. The molecule has 0 atom stereocenters. The number of nitrogens with two attached hydrogens (primary N) is 1. The molecule has 0 aliphatic carbocycles. The third kappa shape index (κ3) is 4.65. The van der Waals surface area contributed by atoms with Crippen LogP contribution in [0.5, 0.6) is 0 Å². The van der Waals surface area contributed by atoms with Gasteiger partial charge in [-0.25, -0.2) is 0 Å². The van der Waals surface area contributed by atoms with E-state index >= 15 is 0 Å². The summed E-state index contributed by atoms with van der Waals surface area (Å²) in [5.41, 5.74) is 6.82. The van der Waals surface area contributed by atoms with E-state index in [-0.39, 0.29) is 4.99 Å². The number of hydrogen-bond acceptors (Lipinski definition) is 3.